The summed E-state index contributed by atoms with van der Waals surface area (Å²) in [6.45, 7) is 4.00. The molecular weight excluding hydrogens is 264 g/mol. The van der Waals surface area contributed by atoms with Crippen LogP contribution in [0.1, 0.15) is 18.7 Å². The van der Waals surface area contributed by atoms with Crippen LogP contribution in [0.4, 0.5) is 0 Å². The number of hydrogen-bond donors (Lipinski definition) is 0. The van der Waals surface area contributed by atoms with E-state index < -0.39 is 0 Å². The smallest absolute Gasteiger partial charge is 0.333 e. The van der Waals surface area contributed by atoms with Crippen molar-refractivity contribution in [3.05, 3.63) is 39.4 Å². The number of thiophene rings is 2. The number of carbonyl (C=O) groups excluding carboxylic acids is 1. The molecule has 0 aliphatic rings. The Hall–Kier alpha value is -1.39. The highest BCUT2D eigenvalue weighted by molar-refractivity contribution is 7.15. The summed E-state index contributed by atoms with van der Waals surface area (Å²) < 4.78 is 4.95. The topological polar surface area (TPSA) is 26.3 Å². The summed E-state index contributed by atoms with van der Waals surface area (Å²) in [5, 5.41) is 4.17. The third-order valence-electron chi connectivity index (χ3n) is 2.38. The largest absolute Gasteiger partial charge is 0.463 e. The van der Waals surface area contributed by atoms with Crippen LogP contribution in [0.15, 0.2) is 34.5 Å². The molecule has 2 heterocycles. The van der Waals surface area contributed by atoms with Gasteiger partial charge < -0.3 is 4.74 Å². The van der Waals surface area contributed by atoms with E-state index in [1.54, 1.807) is 29.6 Å². The second-order valence-corrected chi connectivity index (χ2v) is 5.65. The summed E-state index contributed by atoms with van der Waals surface area (Å²) in [6.07, 6.45) is 1.87. The molecule has 0 atom stereocenters. The van der Waals surface area contributed by atoms with E-state index in [0.717, 1.165) is 4.88 Å². The maximum Gasteiger partial charge on any atom is 0.333 e. The third kappa shape index (κ3) is 3.09. The van der Waals surface area contributed by atoms with Crippen molar-refractivity contribution in [3.8, 4) is 10.4 Å². The van der Waals surface area contributed by atoms with Crippen molar-refractivity contribution >= 4 is 34.7 Å². The van der Waals surface area contributed by atoms with Gasteiger partial charge in [-0.25, -0.2) is 4.79 Å². The number of hydrogen-bond acceptors (Lipinski definition) is 4. The van der Waals surface area contributed by atoms with E-state index in [4.69, 9.17) is 4.74 Å². The molecule has 0 radical (unpaired) electrons. The maximum absolute atomic E-state index is 11.5. The van der Waals surface area contributed by atoms with Gasteiger partial charge in [0, 0.05) is 20.9 Å². The van der Waals surface area contributed by atoms with E-state index in [2.05, 4.69) is 22.9 Å². The van der Waals surface area contributed by atoms with Crippen LogP contribution >= 0.6 is 22.7 Å². The highest BCUT2D eigenvalue weighted by atomic mass is 32.1. The van der Waals surface area contributed by atoms with E-state index in [-0.39, 0.29) is 5.97 Å². The van der Waals surface area contributed by atoms with E-state index in [1.165, 1.54) is 10.4 Å². The number of rotatable bonds is 4. The van der Waals surface area contributed by atoms with Gasteiger partial charge in [-0.1, -0.05) is 6.07 Å². The lowest BCUT2D eigenvalue weighted by Crippen LogP contribution is -2.04. The monoisotopic (exact) mass is 278 g/mol. The molecule has 0 unspecified atom stereocenters. The summed E-state index contributed by atoms with van der Waals surface area (Å²) >= 11 is 3.35. The van der Waals surface area contributed by atoms with E-state index in [9.17, 15) is 4.79 Å². The van der Waals surface area contributed by atoms with E-state index >= 15 is 0 Å². The first kappa shape index (κ1) is 13.1. The number of esters is 1. The van der Waals surface area contributed by atoms with Crippen LogP contribution in [-0.4, -0.2) is 12.6 Å². The van der Waals surface area contributed by atoms with Crippen molar-refractivity contribution in [3.63, 3.8) is 0 Å². The number of ether oxygens (including phenoxy) is 1. The van der Waals surface area contributed by atoms with Gasteiger partial charge in [0.1, 0.15) is 0 Å². The van der Waals surface area contributed by atoms with Gasteiger partial charge in [-0.05, 0) is 42.8 Å². The van der Waals surface area contributed by atoms with E-state index in [0.29, 0.717) is 12.2 Å². The Balaban J connectivity index is 2.16. The standard InChI is InChI=1S/C14H14O2S2/c1-3-16-14(15)10(2)7-12-8-11(9-18-12)13-5-4-6-17-13/h4-9H,3H2,1-2H3/b10-7+. The second kappa shape index (κ2) is 5.98. The second-order valence-electron chi connectivity index (χ2n) is 3.76. The quantitative estimate of drug-likeness (QED) is 0.610. The van der Waals surface area contributed by atoms with Crippen molar-refractivity contribution < 1.29 is 9.53 Å². The zero-order valence-electron chi connectivity index (χ0n) is 10.3. The minimum atomic E-state index is -0.247. The first-order valence-electron chi connectivity index (χ1n) is 5.68. The molecule has 0 saturated carbocycles. The molecule has 18 heavy (non-hydrogen) atoms. The minimum absolute atomic E-state index is 0.247. The molecule has 2 aromatic rings. The SMILES string of the molecule is CCOC(=O)/C(C)=C/c1cc(-c2cccs2)cs1. The van der Waals surface area contributed by atoms with Crippen molar-refractivity contribution in [1.82, 2.24) is 0 Å². The van der Waals surface area contributed by atoms with E-state index in [1.807, 2.05) is 19.1 Å². The molecule has 0 bridgehead atoms. The molecule has 2 nitrogen and oxygen atoms in total. The van der Waals surface area contributed by atoms with Crippen LogP contribution in [0.25, 0.3) is 16.5 Å². The number of carbonyl (C=O) groups is 1. The van der Waals surface area contributed by atoms with Crippen LogP contribution in [0, 0.1) is 0 Å². The molecule has 0 aliphatic heterocycles. The Labute approximate surface area is 115 Å². The van der Waals surface area contributed by atoms with Crippen molar-refractivity contribution in [2.75, 3.05) is 6.61 Å². The van der Waals surface area contributed by atoms with Crippen LogP contribution in [-0.2, 0) is 9.53 Å². The van der Waals surface area contributed by atoms with Gasteiger partial charge in [0.15, 0.2) is 0 Å². The lowest BCUT2D eigenvalue weighted by Gasteiger charge is -1.99. The Kier molecular flexibility index (Phi) is 4.33. The normalized spacial score (nSPS) is 11.6. The molecule has 2 rings (SSSR count). The zero-order chi connectivity index (χ0) is 13.0. The van der Waals surface area contributed by atoms with Crippen molar-refractivity contribution in [2.24, 2.45) is 0 Å². The van der Waals surface area contributed by atoms with Gasteiger partial charge >= 0.3 is 5.97 Å². The van der Waals surface area contributed by atoms with Crippen molar-refractivity contribution in [2.45, 2.75) is 13.8 Å². The first-order valence-corrected chi connectivity index (χ1v) is 7.44. The third-order valence-corrected chi connectivity index (χ3v) is 4.18. The van der Waals surface area contributed by atoms with Gasteiger partial charge in [-0.3, -0.25) is 0 Å². The summed E-state index contributed by atoms with van der Waals surface area (Å²) in [4.78, 5) is 13.8. The zero-order valence-corrected chi connectivity index (χ0v) is 11.9. The van der Waals surface area contributed by atoms with Crippen LogP contribution in [0.2, 0.25) is 0 Å². The molecule has 0 N–H and O–H groups in total. The fraction of sp³-hybridized carbons (Fsp3) is 0.214. The Morgan fingerprint density at radius 3 is 2.94 bits per heavy atom. The maximum atomic E-state index is 11.5. The van der Waals surface area contributed by atoms with Crippen molar-refractivity contribution in [1.29, 1.82) is 0 Å². The molecule has 94 valence electrons. The highest BCUT2D eigenvalue weighted by Crippen LogP contribution is 2.30. The average molecular weight is 278 g/mol. The molecule has 0 spiro atoms. The molecule has 0 aromatic carbocycles. The first-order chi connectivity index (χ1) is 8.70. The average Bonchev–Trinajstić information content (AvgIpc) is 2.98. The summed E-state index contributed by atoms with van der Waals surface area (Å²) in [6, 6.07) is 6.23. The molecule has 2 aromatic heterocycles. The molecule has 0 fully saturated rings. The van der Waals surface area contributed by atoms with Gasteiger partial charge in [0.25, 0.3) is 0 Å². The summed E-state index contributed by atoms with van der Waals surface area (Å²) in [5.41, 5.74) is 1.84. The lowest BCUT2D eigenvalue weighted by atomic mass is 10.2. The van der Waals surface area contributed by atoms with Crippen LogP contribution < -0.4 is 0 Å². The fourth-order valence-corrected chi connectivity index (χ4v) is 3.21. The van der Waals surface area contributed by atoms with Gasteiger partial charge in [-0.15, -0.1) is 22.7 Å². The minimum Gasteiger partial charge on any atom is -0.463 e. The summed E-state index contributed by atoms with van der Waals surface area (Å²) in [5.74, 6) is -0.247. The highest BCUT2D eigenvalue weighted by Gasteiger charge is 2.06. The molecule has 4 heteroatoms. The fourth-order valence-electron chi connectivity index (χ4n) is 1.52. The Morgan fingerprint density at radius 2 is 2.28 bits per heavy atom. The molecule has 0 saturated heterocycles. The predicted octanol–water partition coefficient (Wildman–Crippen LogP) is 4.44. The van der Waals surface area contributed by atoms with Gasteiger partial charge in [0.05, 0.1) is 6.61 Å². The summed E-state index contributed by atoms with van der Waals surface area (Å²) in [7, 11) is 0. The molecule has 0 aliphatic carbocycles. The molecular formula is C14H14O2S2. The van der Waals surface area contributed by atoms with Gasteiger partial charge in [-0.2, -0.15) is 0 Å². The molecule has 0 amide bonds. The Bertz CT molecular complexity index is 550. The predicted molar refractivity (Wildman–Crippen MR) is 77.9 cm³/mol. The van der Waals surface area contributed by atoms with Gasteiger partial charge in [0.2, 0.25) is 0 Å². The van der Waals surface area contributed by atoms with Crippen LogP contribution in [0.5, 0.6) is 0 Å². The van der Waals surface area contributed by atoms with Crippen LogP contribution in [0.3, 0.4) is 0 Å². The lowest BCUT2D eigenvalue weighted by molar-refractivity contribution is -0.138. The Morgan fingerprint density at radius 1 is 1.44 bits per heavy atom.